The number of rotatable bonds is 1. The van der Waals surface area contributed by atoms with Crippen LogP contribution in [0.15, 0.2) is 0 Å². The molecule has 0 rings (SSSR count). The van der Waals surface area contributed by atoms with Crippen molar-refractivity contribution in [2.75, 3.05) is 0 Å². The van der Waals surface area contributed by atoms with E-state index in [0.29, 0.717) is 0 Å². The molecule has 0 amide bonds. The molecule has 0 aromatic carbocycles. The zero-order valence-corrected chi connectivity index (χ0v) is 6.11. The highest BCUT2D eigenvalue weighted by Crippen LogP contribution is 2.37. The molecule has 0 aliphatic heterocycles. The van der Waals surface area contributed by atoms with Crippen molar-refractivity contribution in [1.82, 2.24) is 0 Å². The SMILES string of the molecule is F[C](F)C(F)C(Cl)(Cl)Cl. The summed E-state index contributed by atoms with van der Waals surface area (Å²) in [4.78, 5) is 0. The summed E-state index contributed by atoms with van der Waals surface area (Å²) >= 11 is 14.2. The van der Waals surface area contributed by atoms with Crippen LogP contribution in [0.1, 0.15) is 0 Å². The van der Waals surface area contributed by atoms with Crippen LogP contribution in [-0.2, 0) is 0 Å². The first-order chi connectivity index (χ1) is 3.85. The highest BCUT2D eigenvalue weighted by atomic mass is 35.6. The molecule has 9 heavy (non-hydrogen) atoms. The van der Waals surface area contributed by atoms with Gasteiger partial charge in [-0.1, -0.05) is 34.8 Å². The van der Waals surface area contributed by atoms with Crippen LogP contribution in [0, 0.1) is 6.43 Å². The van der Waals surface area contributed by atoms with E-state index in [-0.39, 0.29) is 0 Å². The summed E-state index contributed by atoms with van der Waals surface area (Å²) in [5.41, 5.74) is 0. The normalized spacial score (nSPS) is 16.3. The van der Waals surface area contributed by atoms with E-state index >= 15 is 0 Å². The van der Waals surface area contributed by atoms with E-state index in [2.05, 4.69) is 0 Å². The van der Waals surface area contributed by atoms with Crippen LogP contribution in [-0.4, -0.2) is 9.96 Å². The second kappa shape index (κ2) is 3.17. The molecule has 0 aromatic heterocycles. The van der Waals surface area contributed by atoms with Gasteiger partial charge in [0.05, 0.1) is 0 Å². The van der Waals surface area contributed by atoms with E-state index < -0.39 is 16.4 Å². The van der Waals surface area contributed by atoms with Crippen LogP contribution < -0.4 is 0 Å². The third kappa shape index (κ3) is 3.38. The Hall–Kier alpha value is 0.660. The van der Waals surface area contributed by atoms with Crippen molar-refractivity contribution < 1.29 is 13.2 Å². The summed E-state index contributed by atoms with van der Waals surface area (Å²) in [6.07, 6.45) is -5.34. The van der Waals surface area contributed by atoms with Crippen molar-refractivity contribution in [2.45, 2.75) is 9.96 Å². The van der Waals surface area contributed by atoms with Gasteiger partial charge in [-0.15, -0.1) is 0 Å². The molecule has 0 N–H and O–H groups in total. The van der Waals surface area contributed by atoms with Crippen LogP contribution in [0.3, 0.4) is 0 Å². The van der Waals surface area contributed by atoms with E-state index in [0.717, 1.165) is 0 Å². The smallest absolute Gasteiger partial charge is 0.236 e. The summed E-state index contributed by atoms with van der Waals surface area (Å²) in [7, 11) is 0. The lowest BCUT2D eigenvalue weighted by Crippen LogP contribution is -2.23. The predicted octanol–water partition coefficient (Wildman–Crippen LogP) is 3.12. The average molecular weight is 200 g/mol. The van der Waals surface area contributed by atoms with Gasteiger partial charge in [0.2, 0.25) is 9.96 Å². The molecular weight excluding hydrogens is 199 g/mol. The monoisotopic (exact) mass is 199 g/mol. The van der Waals surface area contributed by atoms with Gasteiger partial charge in [-0.25, -0.2) is 4.39 Å². The molecule has 6 heteroatoms. The second-order valence-corrected chi connectivity index (χ2v) is 3.56. The van der Waals surface area contributed by atoms with E-state index in [1.807, 2.05) is 0 Å². The Morgan fingerprint density at radius 3 is 1.56 bits per heavy atom. The third-order valence-electron chi connectivity index (χ3n) is 0.479. The Bertz CT molecular complexity index is 88.8. The fourth-order valence-electron chi connectivity index (χ4n) is 0.124. The largest absolute Gasteiger partial charge is 0.348 e. The third-order valence-corrected chi connectivity index (χ3v) is 1.05. The van der Waals surface area contributed by atoms with E-state index in [9.17, 15) is 13.2 Å². The minimum absolute atomic E-state index is 2.53. The number of hydrogen-bond acceptors (Lipinski definition) is 0. The summed E-state index contributed by atoms with van der Waals surface area (Å²) in [5.74, 6) is 0. The lowest BCUT2D eigenvalue weighted by Gasteiger charge is -2.13. The summed E-state index contributed by atoms with van der Waals surface area (Å²) in [5, 5.41) is 0. The van der Waals surface area contributed by atoms with E-state index in [1.54, 1.807) is 0 Å². The topological polar surface area (TPSA) is 0 Å². The summed E-state index contributed by atoms with van der Waals surface area (Å²) in [6, 6.07) is 0. The molecule has 0 aliphatic rings. The first-order valence-electron chi connectivity index (χ1n) is 1.74. The van der Waals surface area contributed by atoms with Crippen LogP contribution >= 0.6 is 34.8 Å². The number of hydrogen-bond donors (Lipinski definition) is 0. The molecule has 0 saturated carbocycles. The molecule has 0 bridgehead atoms. The lowest BCUT2D eigenvalue weighted by atomic mass is 10.4. The molecule has 0 heterocycles. The highest BCUT2D eigenvalue weighted by Gasteiger charge is 2.41. The standard InChI is InChI=1S/C3HCl3F3/c4-3(5,6)1(7)2(8)9/h1H. The van der Waals surface area contributed by atoms with Gasteiger partial charge in [-0.3, -0.25) is 0 Å². The van der Waals surface area contributed by atoms with Gasteiger partial charge in [-0.2, -0.15) is 8.78 Å². The molecule has 0 aliphatic carbocycles. The van der Waals surface area contributed by atoms with Crippen molar-refractivity contribution in [3.05, 3.63) is 6.43 Å². The maximum Gasteiger partial charge on any atom is 0.348 e. The van der Waals surface area contributed by atoms with Gasteiger partial charge in [0.1, 0.15) is 0 Å². The average Bonchev–Trinajstić information content (AvgIpc) is 1.62. The number of halogens is 6. The highest BCUT2D eigenvalue weighted by molar-refractivity contribution is 6.68. The van der Waals surface area contributed by atoms with Crippen LogP contribution in [0.5, 0.6) is 0 Å². The molecule has 0 saturated heterocycles. The Kier molecular flexibility index (Phi) is 3.40. The zero-order chi connectivity index (χ0) is 7.65. The van der Waals surface area contributed by atoms with E-state index in [4.69, 9.17) is 34.8 Å². The molecular formula is C3HCl3F3. The molecule has 0 aromatic rings. The minimum Gasteiger partial charge on any atom is -0.236 e. The maximum atomic E-state index is 11.8. The van der Waals surface area contributed by atoms with Crippen LogP contribution in [0.4, 0.5) is 13.2 Å². The van der Waals surface area contributed by atoms with Gasteiger partial charge in [0.15, 0.2) is 0 Å². The minimum atomic E-state index is -2.80. The van der Waals surface area contributed by atoms with Gasteiger partial charge >= 0.3 is 6.43 Å². The molecule has 1 unspecified atom stereocenters. The molecule has 0 nitrogen and oxygen atoms in total. The predicted molar refractivity (Wildman–Crippen MR) is 30.6 cm³/mol. The van der Waals surface area contributed by atoms with E-state index in [1.165, 1.54) is 0 Å². The fraction of sp³-hybridized carbons (Fsp3) is 0.667. The van der Waals surface area contributed by atoms with Crippen molar-refractivity contribution in [2.24, 2.45) is 0 Å². The Labute approximate surface area is 64.9 Å². The first kappa shape index (κ1) is 9.66. The zero-order valence-electron chi connectivity index (χ0n) is 3.85. The van der Waals surface area contributed by atoms with Crippen molar-refractivity contribution >= 4 is 34.8 Å². The second-order valence-electron chi connectivity index (χ2n) is 1.19. The van der Waals surface area contributed by atoms with Crippen molar-refractivity contribution in [3.63, 3.8) is 0 Å². The van der Waals surface area contributed by atoms with Crippen molar-refractivity contribution in [1.29, 1.82) is 0 Å². The van der Waals surface area contributed by atoms with Gasteiger partial charge in [0.25, 0.3) is 0 Å². The number of alkyl halides is 4. The molecule has 1 radical (unpaired) electrons. The van der Waals surface area contributed by atoms with Crippen molar-refractivity contribution in [3.8, 4) is 0 Å². The maximum absolute atomic E-state index is 11.8. The van der Waals surface area contributed by atoms with Crippen LogP contribution in [0.2, 0.25) is 0 Å². The van der Waals surface area contributed by atoms with Crippen LogP contribution in [0.25, 0.3) is 0 Å². The molecule has 1 atom stereocenters. The van der Waals surface area contributed by atoms with Gasteiger partial charge in [-0.05, 0) is 0 Å². The Morgan fingerprint density at radius 2 is 1.56 bits per heavy atom. The molecule has 55 valence electrons. The molecule has 0 fully saturated rings. The molecule has 0 spiro atoms. The van der Waals surface area contributed by atoms with Gasteiger partial charge in [0, 0.05) is 0 Å². The van der Waals surface area contributed by atoms with Gasteiger partial charge < -0.3 is 0 Å². The quantitative estimate of drug-likeness (QED) is 0.571. The Morgan fingerprint density at radius 1 is 1.22 bits per heavy atom. The summed E-state index contributed by atoms with van der Waals surface area (Å²) in [6.45, 7) is 0. The first-order valence-corrected chi connectivity index (χ1v) is 2.87. The summed E-state index contributed by atoms with van der Waals surface area (Å²) < 4.78 is 31.7. The lowest BCUT2D eigenvalue weighted by molar-refractivity contribution is 0.161. The Balaban J connectivity index is 3.88. The fourth-order valence-corrected chi connectivity index (χ4v) is 0.371.